The van der Waals surface area contributed by atoms with E-state index in [1.807, 2.05) is 13.0 Å². The van der Waals surface area contributed by atoms with Gasteiger partial charge in [0.1, 0.15) is 0 Å². The van der Waals surface area contributed by atoms with E-state index in [-0.39, 0.29) is 5.54 Å². The summed E-state index contributed by atoms with van der Waals surface area (Å²) in [4.78, 5) is 8.44. The summed E-state index contributed by atoms with van der Waals surface area (Å²) >= 11 is 0. The van der Waals surface area contributed by atoms with Gasteiger partial charge in [0.2, 0.25) is 11.7 Å². The second-order valence-corrected chi connectivity index (χ2v) is 5.31. The maximum absolute atomic E-state index is 5.22. The fourth-order valence-electron chi connectivity index (χ4n) is 1.47. The van der Waals surface area contributed by atoms with E-state index in [0.29, 0.717) is 18.3 Å². The van der Waals surface area contributed by atoms with Crippen molar-refractivity contribution in [3.63, 3.8) is 0 Å². The average molecular weight is 246 g/mol. The van der Waals surface area contributed by atoms with Crippen LogP contribution in [-0.2, 0) is 6.54 Å². The van der Waals surface area contributed by atoms with Gasteiger partial charge in [-0.2, -0.15) is 4.98 Å². The topological polar surface area (TPSA) is 63.8 Å². The smallest absolute Gasteiger partial charge is 0.240 e. The minimum Gasteiger partial charge on any atom is -0.338 e. The molecule has 0 bridgehead atoms. The largest absolute Gasteiger partial charge is 0.338 e. The molecule has 96 valence electrons. The average Bonchev–Trinajstić information content (AvgIpc) is 2.75. The molecule has 5 nitrogen and oxygen atoms in total. The zero-order valence-corrected chi connectivity index (χ0v) is 11.2. The van der Waals surface area contributed by atoms with E-state index in [9.17, 15) is 0 Å². The normalized spacial score (nSPS) is 11.8. The first-order valence-electron chi connectivity index (χ1n) is 5.94. The van der Waals surface area contributed by atoms with Crippen molar-refractivity contribution < 1.29 is 4.52 Å². The number of hydrogen-bond acceptors (Lipinski definition) is 5. The molecule has 0 aromatic carbocycles. The lowest BCUT2D eigenvalue weighted by Crippen LogP contribution is -2.35. The van der Waals surface area contributed by atoms with Gasteiger partial charge >= 0.3 is 0 Å². The third kappa shape index (κ3) is 3.13. The summed E-state index contributed by atoms with van der Waals surface area (Å²) in [6, 6.07) is 1.93. The molecule has 2 rings (SSSR count). The molecule has 0 saturated heterocycles. The van der Waals surface area contributed by atoms with Gasteiger partial charge in [-0.15, -0.1) is 0 Å². The molecule has 0 atom stereocenters. The van der Waals surface area contributed by atoms with Crippen molar-refractivity contribution in [1.29, 1.82) is 0 Å². The Hall–Kier alpha value is -1.75. The lowest BCUT2D eigenvalue weighted by atomic mass is 10.1. The molecular weight excluding hydrogens is 228 g/mol. The highest BCUT2D eigenvalue weighted by Crippen LogP contribution is 2.18. The molecule has 0 unspecified atom stereocenters. The monoisotopic (exact) mass is 246 g/mol. The van der Waals surface area contributed by atoms with E-state index in [0.717, 1.165) is 11.1 Å². The van der Waals surface area contributed by atoms with E-state index >= 15 is 0 Å². The Kier molecular flexibility index (Phi) is 3.43. The first-order chi connectivity index (χ1) is 8.46. The van der Waals surface area contributed by atoms with E-state index in [2.05, 4.69) is 41.2 Å². The van der Waals surface area contributed by atoms with Crippen LogP contribution >= 0.6 is 0 Å². The lowest BCUT2D eigenvalue weighted by Gasteiger charge is -2.18. The van der Waals surface area contributed by atoms with Crippen molar-refractivity contribution in [2.24, 2.45) is 0 Å². The van der Waals surface area contributed by atoms with Gasteiger partial charge < -0.3 is 9.84 Å². The van der Waals surface area contributed by atoms with Crippen LogP contribution in [0.3, 0.4) is 0 Å². The van der Waals surface area contributed by atoms with E-state index in [1.54, 1.807) is 12.4 Å². The van der Waals surface area contributed by atoms with Crippen molar-refractivity contribution in [3.8, 4) is 11.4 Å². The molecule has 5 heteroatoms. The van der Waals surface area contributed by atoms with Crippen molar-refractivity contribution in [2.75, 3.05) is 0 Å². The molecule has 1 N–H and O–H groups in total. The van der Waals surface area contributed by atoms with Crippen LogP contribution in [0.2, 0.25) is 0 Å². The molecular formula is C13H18N4O. The molecule has 0 amide bonds. The molecule has 18 heavy (non-hydrogen) atoms. The van der Waals surface area contributed by atoms with Gasteiger partial charge in [0, 0.05) is 23.5 Å². The number of nitrogens with zero attached hydrogens (tertiary/aromatic N) is 3. The summed E-state index contributed by atoms with van der Waals surface area (Å²) in [5.74, 6) is 1.18. The summed E-state index contributed by atoms with van der Waals surface area (Å²) in [6.07, 6.45) is 3.50. The number of pyridine rings is 1. The lowest BCUT2D eigenvalue weighted by molar-refractivity contribution is 0.336. The van der Waals surface area contributed by atoms with Crippen LogP contribution < -0.4 is 5.32 Å². The van der Waals surface area contributed by atoms with Crippen molar-refractivity contribution in [2.45, 2.75) is 39.8 Å². The van der Waals surface area contributed by atoms with E-state index in [4.69, 9.17) is 4.52 Å². The van der Waals surface area contributed by atoms with Crippen LogP contribution in [0.4, 0.5) is 0 Å². The van der Waals surface area contributed by atoms with Crippen LogP contribution in [0, 0.1) is 6.92 Å². The summed E-state index contributed by atoms with van der Waals surface area (Å²) < 4.78 is 5.22. The van der Waals surface area contributed by atoms with Crippen LogP contribution in [0.15, 0.2) is 23.0 Å². The van der Waals surface area contributed by atoms with Crippen LogP contribution in [0.25, 0.3) is 11.4 Å². The SMILES string of the molecule is Cc1ccncc1-c1noc(CNC(C)(C)C)n1. The Morgan fingerprint density at radius 2 is 2.11 bits per heavy atom. The first-order valence-corrected chi connectivity index (χ1v) is 5.94. The Labute approximate surface area is 107 Å². The minimum absolute atomic E-state index is 0.0266. The third-order valence-electron chi connectivity index (χ3n) is 2.52. The van der Waals surface area contributed by atoms with E-state index in [1.165, 1.54) is 0 Å². The van der Waals surface area contributed by atoms with Crippen molar-refractivity contribution >= 4 is 0 Å². The number of hydrogen-bond donors (Lipinski definition) is 1. The van der Waals surface area contributed by atoms with Gasteiger partial charge in [-0.25, -0.2) is 0 Å². The Bertz CT molecular complexity index is 528. The molecule has 0 aliphatic rings. The fourth-order valence-corrected chi connectivity index (χ4v) is 1.47. The third-order valence-corrected chi connectivity index (χ3v) is 2.52. The Morgan fingerprint density at radius 3 is 2.78 bits per heavy atom. The van der Waals surface area contributed by atoms with Gasteiger partial charge in [0.05, 0.1) is 6.54 Å². The fraction of sp³-hybridized carbons (Fsp3) is 0.462. The maximum Gasteiger partial charge on any atom is 0.240 e. The highest BCUT2D eigenvalue weighted by Gasteiger charge is 2.14. The number of nitrogens with one attached hydrogen (secondary N) is 1. The highest BCUT2D eigenvalue weighted by atomic mass is 16.5. The molecule has 0 saturated carbocycles. The van der Waals surface area contributed by atoms with Crippen LogP contribution in [0.1, 0.15) is 32.2 Å². The number of rotatable bonds is 3. The summed E-state index contributed by atoms with van der Waals surface area (Å²) in [5.41, 5.74) is 2.02. The van der Waals surface area contributed by atoms with Crippen molar-refractivity contribution in [3.05, 3.63) is 29.9 Å². The molecule has 0 spiro atoms. The predicted molar refractivity (Wildman–Crippen MR) is 68.9 cm³/mol. The molecule has 2 aromatic heterocycles. The second kappa shape index (κ2) is 4.86. The molecule has 2 heterocycles. The van der Waals surface area contributed by atoms with Gasteiger partial charge in [-0.1, -0.05) is 5.16 Å². The number of aromatic nitrogens is 3. The van der Waals surface area contributed by atoms with Crippen LogP contribution in [-0.4, -0.2) is 20.7 Å². The summed E-state index contributed by atoms with van der Waals surface area (Å²) in [7, 11) is 0. The zero-order valence-electron chi connectivity index (χ0n) is 11.2. The Morgan fingerprint density at radius 1 is 1.33 bits per heavy atom. The zero-order chi connectivity index (χ0) is 13.2. The number of aryl methyl sites for hydroxylation is 1. The molecule has 0 aliphatic heterocycles. The van der Waals surface area contributed by atoms with Gasteiger partial charge in [0.15, 0.2) is 0 Å². The predicted octanol–water partition coefficient (Wildman–Crippen LogP) is 2.33. The summed E-state index contributed by atoms with van der Waals surface area (Å²) in [5, 5.41) is 7.29. The van der Waals surface area contributed by atoms with E-state index < -0.39 is 0 Å². The van der Waals surface area contributed by atoms with Gasteiger partial charge in [-0.3, -0.25) is 4.98 Å². The van der Waals surface area contributed by atoms with Crippen molar-refractivity contribution in [1.82, 2.24) is 20.4 Å². The standard InChI is InChI=1S/C13H18N4O/c1-9-5-6-14-7-10(9)12-16-11(18-17-12)8-15-13(2,3)4/h5-7,15H,8H2,1-4H3. The minimum atomic E-state index is 0.0266. The molecule has 0 radical (unpaired) electrons. The quantitative estimate of drug-likeness (QED) is 0.900. The highest BCUT2D eigenvalue weighted by molar-refractivity contribution is 5.57. The summed E-state index contributed by atoms with van der Waals surface area (Å²) in [6.45, 7) is 8.84. The maximum atomic E-state index is 5.22. The Balaban J connectivity index is 2.14. The van der Waals surface area contributed by atoms with Gasteiger partial charge in [0.25, 0.3) is 0 Å². The molecule has 0 fully saturated rings. The van der Waals surface area contributed by atoms with Crippen LogP contribution in [0.5, 0.6) is 0 Å². The first kappa shape index (κ1) is 12.7. The molecule has 0 aliphatic carbocycles. The second-order valence-electron chi connectivity index (χ2n) is 5.31. The van der Waals surface area contributed by atoms with Gasteiger partial charge in [-0.05, 0) is 39.3 Å². The molecule has 2 aromatic rings.